The van der Waals surface area contributed by atoms with E-state index in [0.29, 0.717) is 6.54 Å². The van der Waals surface area contributed by atoms with Gasteiger partial charge in [0.15, 0.2) is 0 Å². The highest BCUT2D eigenvalue weighted by atomic mass is 79.9. The fourth-order valence-electron chi connectivity index (χ4n) is 2.26. The monoisotopic (exact) mass is 360 g/mol. The average Bonchev–Trinajstić information content (AvgIpc) is 2.43. The summed E-state index contributed by atoms with van der Waals surface area (Å²) in [6, 6.07) is 5.90. The fourth-order valence-corrected chi connectivity index (χ4v) is 2.75. The van der Waals surface area contributed by atoms with E-state index in [1.165, 1.54) is 32.1 Å². The van der Waals surface area contributed by atoms with Crippen LogP contribution in [0.15, 0.2) is 22.7 Å². The summed E-state index contributed by atoms with van der Waals surface area (Å²) in [7, 11) is 0. The van der Waals surface area contributed by atoms with Gasteiger partial charge in [0.05, 0.1) is 5.02 Å². The largest absolute Gasteiger partial charge is 0.379 e. The smallest absolute Gasteiger partial charge is 0.0549 e. The summed E-state index contributed by atoms with van der Waals surface area (Å²) in [5, 5.41) is 4.28. The Morgan fingerprint density at radius 2 is 1.95 bits per heavy atom. The van der Waals surface area contributed by atoms with Gasteiger partial charge in [-0.15, -0.1) is 0 Å². The number of hydrogen-bond acceptors (Lipinski definition) is 2. The molecule has 0 aliphatic rings. The molecule has 0 aliphatic carbocycles. The van der Waals surface area contributed by atoms with E-state index in [9.17, 15) is 0 Å². The first kappa shape index (κ1) is 17.8. The lowest BCUT2D eigenvalue weighted by atomic mass is 9.93. The van der Waals surface area contributed by atoms with Gasteiger partial charge in [0.25, 0.3) is 0 Å². The van der Waals surface area contributed by atoms with E-state index >= 15 is 0 Å². The maximum absolute atomic E-state index is 6.02. The third-order valence-corrected chi connectivity index (χ3v) is 4.86. The van der Waals surface area contributed by atoms with Gasteiger partial charge in [0.2, 0.25) is 0 Å². The molecule has 0 saturated carbocycles. The van der Waals surface area contributed by atoms with Crippen molar-refractivity contribution in [1.82, 2.24) is 0 Å². The summed E-state index contributed by atoms with van der Waals surface area (Å²) < 4.78 is 0.909. The molecule has 4 heteroatoms. The first-order valence-corrected chi connectivity index (χ1v) is 8.61. The number of nitrogens with two attached hydrogens (primary N) is 1. The zero-order valence-corrected chi connectivity index (χ0v) is 14.9. The molecule has 0 radical (unpaired) electrons. The summed E-state index contributed by atoms with van der Waals surface area (Å²) in [5.74, 6) is 0. The summed E-state index contributed by atoms with van der Waals surface area (Å²) in [6.45, 7) is 5.06. The Bertz CT molecular complexity index is 411. The molecule has 0 aromatic heterocycles. The minimum absolute atomic E-state index is 0.0561. The molecular formula is C16H26BrClN2. The number of anilines is 1. The van der Waals surface area contributed by atoms with Crippen LogP contribution in [0.1, 0.15) is 52.4 Å². The number of nitrogens with one attached hydrogen (secondary N) is 1. The zero-order chi connectivity index (χ0) is 15.0. The van der Waals surface area contributed by atoms with Gasteiger partial charge in [-0.2, -0.15) is 0 Å². The third-order valence-electron chi connectivity index (χ3n) is 3.65. The lowest BCUT2D eigenvalue weighted by Gasteiger charge is -2.31. The minimum atomic E-state index is -0.0561. The Balaban J connectivity index is 2.52. The van der Waals surface area contributed by atoms with Gasteiger partial charge in [-0.1, -0.05) is 50.6 Å². The Kier molecular flexibility index (Phi) is 7.93. The molecule has 0 bridgehead atoms. The van der Waals surface area contributed by atoms with Crippen LogP contribution in [-0.2, 0) is 0 Å². The molecule has 0 amide bonds. The molecule has 1 atom stereocenters. The summed E-state index contributed by atoms with van der Waals surface area (Å²) in [6.07, 6.45) is 7.53. The van der Waals surface area contributed by atoms with Gasteiger partial charge in [0, 0.05) is 22.2 Å². The molecule has 0 saturated heterocycles. The van der Waals surface area contributed by atoms with Crippen LogP contribution in [0.5, 0.6) is 0 Å². The standard InChI is InChI=1S/C16H26BrClN2/c1-3-4-5-6-7-10-16(2,12-19)20-13-8-9-15(18)14(17)11-13/h8-9,11,20H,3-7,10,12,19H2,1-2H3. The van der Waals surface area contributed by atoms with Crippen molar-refractivity contribution in [2.45, 2.75) is 57.9 Å². The van der Waals surface area contributed by atoms with Gasteiger partial charge in [-0.3, -0.25) is 0 Å². The van der Waals surface area contributed by atoms with Crippen molar-refractivity contribution < 1.29 is 0 Å². The highest BCUT2D eigenvalue weighted by Gasteiger charge is 2.21. The van der Waals surface area contributed by atoms with Crippen LogP contribution in [-0.4, -0.2) is 12.1 Å². The molecule has 114 valence electrons. The van der Waals surface area contributed by atoms with E-state index in [2.05, 4.69) is 35.1 Å². The second-order valence-corrected chi connectivity index (χ2v) is 6.94. The predicted octanol–water partition coefficient (Wildman–Crippen LogP) is 5.59. The molecule has 1 unspecified atom stereocenters. The Morgan fingerprint density at radius 3 is 2.55 bits per heavy atom. The number of rotatable bonds is 9. The highest BCUT2D eigenvalue weighted by molar-refractivity contribution is 9.10. The molecule has 1 aromatic rings. The molecule has 3 N–H and O–H groups in total. The quantitative estimate of drug-likeness (QED) is 0.562. The van der Waals surface area contributed by atoms with E-state index in [1.807, 2.05) is 18.2 Å². The molecule has 0 spiro atoms. The lowest BCUT2D eigenvalue weighted by Crippen LogP contribution is -2.42. The molecule has 2 nitrogen and oxygen atoms in total. The van der Waals surface area contributed by atoms with Gasteiger partial charge in [-0.25, -0.2) is 0 Å². The fraction of sp³-hybridized carbons (Fsp3) is 0.625. The minimum Gasteiger partial charge on any atom is -0.379 e. The van der Waals surface area contributed by atoms with Crippen LogP contribution in [0.25, 0.3) is 0 Å². The summed E-state index contributed by atoms with van der Waals surface area (Å²) in [5.41, 5.74) is 6.97. The van der Waals surface area contributed by atoms with Crippen LogP contribution in [0, 0.1) is 0 Å². The molecule has 1 rings (SSSR count). The van der Waals surface area contributed by atoms with Crippen molar-refractivity contribution in [2.75, 3.05) is 11.9 Å². The van der Waals surface area contributed by atoms with E-state index in [4.69, 9.17) is 17.3 Å². The number of unbranched alkanes of at least 4 members (excludes halogenated alkanes) is 4. The first-order chi connectivity index (χ1) is 9.50. The van der Waals surface area contributed by atoms with Gasteiger partial charge >= 0.3 is 0 Å². The second kappa shape index (κ2) is 8.91. The van der Waals surface area contributed by atoms with Crippen LogP contribution in [0.4, 0.5) is 5.69 Å². The van der Waals surface area contributed by atoms with Crippen LogP contribution in [0.2, 0.25) is 5.02 Å². The predicted molar refractivity (Wildman–Crippen MR) is 93.6 cm³/mol. The third kappa shape index (κ3) is 6.02. The van der Waals surface area contributed by atoms with Crippen molar-refractivity contribution in [3.05, 3.63) is 27.7 Å². The van der Waals surface area contributed by atoms with Crippen molar-refractivity contribution >= 4 is 33.2 Å². The zero-order valence-electron chi connectivity index (χ0n) is 12.5. The van der Waals surface area contributed by atoms with Crippen molar-refractivity contribution in [3.8, 4) is 0 Å². The molecule has 0 fully saturated rings. The average molecular weight is 362 g/mol. The van der Waals surface area contributed by atoms with Crippen LogP contribution >= 0.6 is 27.5 Å². The molecule has 0 heterocycles. The van der Waals surface area contributed by atoms with Crippen LogP contribution in [0.3, 0.4) is 0 Å². The van der Waals surface area contributed by atoms with Crippen LogP contribution < -0.4 is 11.1 Å². The molecular weight excluding hydrogens is 336 g/mol. The van der Waals surface area contributed by atoms with E-state index < -0.39 is 0 Å². The SMILES string of the molecule is CCCCCCCC(C)(CN)Nc1ccc(Cl)c(Br)c1. The highest BCUT2D eigenvalue weighted by Crippen LogP contribution is 2.28. The van der Waals surface area contributed by atoms with Gasteiger partial charge in [-0.05, 0) is 47.5 Å². The maximum atomic E-state index is 6.02. The molecule has 0 aliphatic heterocycles. The second-order valence-electron chi connectivity index (χ2n) is 5.68. The molecule has 1 aromatic carbocycles. The Labute approximate surface area is 136 Å². The Hall–Kier alpha value is -0.250. The maximum Gasteiger partial charge on any atom is 0.0549 e. The summed E-state index contributed by atoms with van der Waals surface area (Å²) >= 11 is 9.47. The van der Waals surface area contributed by atoms with Gasteiger partial charge < -0.3 is 11.1 Å². The van der Waals surface area contributed by atoms with Gasteiger partial charge in [0.1, 0.15) is 0 Å². The Morgan fingerprint density at radius 1 is 1.25 bits per heavy atom. The lowest BCUT2D eigenvalue weighted by molar-refractivity contribution is 0.449. The number of hydrogen-bond donors (Lipinski definition) is 2. The number of halogens is 2. The topological polar surface area (TPSA) is 38.0 Å². The van der Waals surface area contributed by atoms with E-state index in [0.717, 1.165) is 21.6 Å². The molecule has 20 heavy (non-hydrogen) atoms. The first-order valence-electron chi connectivity index (χ1n) is 7.44. The normalized spacial score (nSPS) is 14.1. The van der Waals surface area contributed by atoms with E-state index in [-0.39, 0.29) is 5.54 Å². The van der Waals surface area contributed by atoms with Crippen molar-refractivity contribution in [1.29, 1.82) is 0 Å². The van der Waals surface area contributed by atoms with Crippen molar-refractivity contribution in [3.63, 3.8) is 0 Å². The van der Waals surface area contributed by atoms with E-state index in [1.54, 1.807) is 0 Å². The summed E-state index contributed by atoms with van der Waals surface area (Å²) in [4.78, 5) is 0. The number of benzene rings is 1. The van der Waals surface area contributed by atoms with Crippen molar-refractivity contribution in [2.24, 2.45) is 5.73 Å².